The zero-order valence-electron chi connectivity index (χ0n) is 8.06. The topological polar surface area (TPSA) is 58.3 Å². The normalized spacial score (nSPS) is 12.0. The fraction of sp³-hybridized carbons (Fsp3) is 0.667. The number of imidazole rings is 1. The average molecular weight is 184 g/mol. The van der Waals surface area contributed by atoms with Crippen LogP contribution in [0, 0.1) is 0 Å². The molecule has 0 amide bonds. The summed E-state index contributed by atoms with van der Waals surface area (Å²) in [6, 6.07) is 0. The molecule has 0 aliphatic heterocycles. The predicted octanol–water partition coefficient (Wildman–Crippen LogP) is 0.536. The molecule has 0 saturated heterocycles. The number of rotatable bonds is 4. The highest BCUT2D eigenvalue weighted by Crippen LogP contribution is 2.09. The first-order valence-corrected chi connectivity index (χ1v) is 4.35. The van der Waals surface area contributed by atoms with Crippen LogP contribution in [0.5, 0.6) is 0 Å². The van der Waals surface area contributed by atoms with Gasteiger partial charge in [0, 0.05) is 12.7 Å². The molecule has 13 heavy (non-hydrogen) atoms. The van der Waals surface area contributed by atoms with Gasteiger partial charge in [-0.05, 0) is 20.3 Å². The molecule has 1 rings (SSSR count). The highest BCUT2D eigenvalue weighted by Gasteiger charge is 2.11. The molecule has 0 fully saturated rings. The minimum Gasteiger partial charge on any atom is -0.390 e. The molecule has 2 N–H and O–H groups in total. The number of hydrogen-bond donors (Lipinski definition) is 2. The van der Waals surface area contributed by atoms with Gasteiger partial charge in [0.15, 0.2) is 0 Å². The Hall–Kier alpha value is -0.870. The van der Waals surface area contributed by atoms with Gasteiger partial charge >= 0.3 is 0 Å². The van der Waals surface area contributed by atoms with Crippen LogP contribution in [0.25, 0.3) is 0 Å². The Morgan fingerprint density at radius 3 is 2.69 bits per heavy atom. The molecule has 0 bridgehead atoms. The smallest absolute Gasteiger partial charge is 0.0950 e. The van der Waals surface area contributed by atoms with Crippen molar-refractivity contribution in [2.45, 2.75) is 39.0 Å². The summed E-state index contributed by atoms with van der Waals surface area (Å²) in [4.78, 5) is 3.97. The number of hydrogen-bond acceptors (Lipinski definition) is 3. The van der Waals surface area contributed by atoms with Crippen LogP contribution in [0.15, 0.2) is 12.5 Å². The second kappa shape index (κ2) is 3.89. The van der Waals surface area contributed by atoms with Crippen LogP contribution in [0.4, 0.5) is 0 Å². The fourth-order valence-electron chi connectivity index (χ4n) is 1.01. The molecule has 0 atom stereocenters. The van der Waals surface area contributed by atoms with Crippen molar-refractivity contribution in [3.63, 3.8) is 0 Å². The largest absolute Gasteiger partial charge is 0.390 e. The van der Waals surface area contributed by atoms with Crippen molar-refractivity contribution < 1.29 is 10.2 Å². The molecular formula is C9H16N2O2. The van der Waals surface area contributed by atoms with Gasteiger partial charge in [0.1, 0.15) is 0 Å². The number of aryl methyl sites for hydroxylation is 1. The van der Waals surface area contributed by atoms with E-state index in [4.69, 9.17) is 5.11 Å². The van der Waals surface area contributed by atoms with E-state index in [0.717, 1.165) is 6.54 Å². The third-order valence-electron chi connectivity index (χ3n) is 1.83. The molecule has 0 aromatic carbocycles. The first-order valence-electron chi connectivity index (χ1n) is 4.35. The molecule has 1 aromatic rings. The van der Waals surface area contributed by atoms with E-state index in [1.807, 2.05) is 4.57 Å². The molecule has 0 aliphatic carbocycles. The Morgan fingerprint density at radius 1 is 1.54 bits per heavy atom. The van der Waals surface area contributed by atoms with Gasteiger partial charge in [0.25, 0.3) is 0 Å². The molecule has 0 spiro atoms. The SMILES string of the molecule is CC(C)(O)CCn1cnc(CO)c1. The zero-order chi connectivity index (χ0) is 9.90. The molecule has 0 aliphatic rings. The summed E-state index contributed by atoms with van der Waals surface area (Å²) >= 11 is 0. The van der Waals surface area contributed by atoms with E-state index in [1.165, 1.54) is 0 Å². The highest BCUT2D eigenvalue weighted by atomic mass is 16.3. The van der Waals surface area contributed by atoms with E-state index in [1.54, 1.807) is 26.4 Å². The van der Waals surface area contributed by atoms with E-state index in [0.29, 0.717) is 12.1 Å². The van der Waals surface area contributed by atoms with E-state index in [9.17, 15) is 5.11 Å². The van der Waals surface area contributed by atoms with Gasteiger partial charge in [-0.2, -0.15) is 0 Å². The minimum atomic E-state index is -0.649. The van der Waals surface area contributed by atoms with Gasteiger partial charge in [-0.15, -0.1) is 0 Å². The Balaban J connectivity index is 2.46. The third-order valence-corrected chi connectivity index (χ3v) is 1.83. The molecular weight excluding hydrogens is 168 g/mol. The van der Waals surface area contributed by atoms with Crippen LogP contribution in [0.3, 0.4) is 0 Å². The standard InChI is InChI=1S/C9H16N2O2/c1-9(2,13)3-4-11-5-8(6-12)10-7-11/h5,7,12-13H,3-4,6H2,1-2H3. The molecule has 1 heterocycles. The number of nitrogens with zero attached hydrogens (tertiary/aromatic N) is 2. The van der Waals surface area contributed by atoms with Crippen LogP contribution >= 0.6 is 0 Å². The predicted molar refractivity (Wildman–Crippen MR) is 49.1 cm³/mol. The van der Waals surface area contributed by atoms with Gasteiger partial charge in [-0.1, -0.05) is 0 Å². The molecule has 4 heteroatoms. The lowest BCUT2D eigenvalue weighted by molar-refractivity contribution is 0.0662. The van der Waals surface area contributed by atoms with Gasteiger partial charge in [-0.3, -0.25) is 0 Å². The van der Waals surface area contributed by atoms with E-state index < -0.39 is 5.60 Å². The van der Waals surface area contributed by atoms with E-state index >= 15 is 0 Å². The van der Waals surface area contributed by atoms with Crippen LogP contribution in [0.2, 0.25) is 0 Å². The molecule has 0 radical (unpaired) electrons. The zero-order valence-corrected chi connectivity index (χ0v) is 8.06. The van der Waals surface area contributed by atoms with Gasteiger partial charge in [0.05, 0.1) is 24.2 Å². The van der Waals surface area contributed by atoms with E-state index in [-0.39, 0.29) is 6.61 Å². The van der Waals surface area contributed by atoms with E-state index in [2.05, 4.69) is 4.98 Å². The highest BCUT2D eigenvalue weighted by molar-refractivity contribution is 4.94. The lowest BCUT2D eigenvalue weighted by atomic mass is 10.1. The van der Waals surface area contributed by atoms with Crippen LogP contribution < -0.4 is 0 Å². The summed E-state index contributed by atoms with van der Waals surface area (Å²) < 4.78 is 1.86. The van der Waals surface area contributed by atoms with Gasteiger partial charge in [-0.25, -0.2) is 4.98 Å². The number of aliphatic hydroxyl groups excluding tert-OH is 1. The Labute approximate surface area is 77.8 Å². The Bertz CT molecular complexity index is 263. The summed E-state index contributed by atoms with van der Waals surface area (Å²) in [5.41, 5.74) is 0.0136. The quantitative estimate of drug-likeness (QED) is 0.718. The fourth-order valence-corrected chi connectivity index (χ4v) is 1.01. The number of aliphatic hydroxyl groups is 2. The summed E-state index contributed by atoms with van der Waals surface area (Å²) in [5, 5.41) is 18.2. The third kappa shape index (κ3) is 3.57. The number of aromatic nitrogens is 2. The van der Waals surface area contributed by atoms with Crippen molar-refractivity contribution in [2.24, 2.45) is 0 Å². The summed E-state index contributed by atoms with van der Waals surface area (Å²) in [6.07, 6.45) is 4.12. The molecule has 4 nitrogen and oxygen atoms in total. The van der Waals surface area contributed by atoms with Crippen molar-refractivity contribution >= 4 is 0 Å². The van der Waals surface area contributed by atoms with Crippen LogP contribution in [0.1, 0.15) is 26.0 Å². The molecule has 0 unspecified atom stereocenters. The average Bonchev–Trinajstić information content (AvgIpc) is 2.47. The van der Waals surface area contributed by atoms with Gasteiger partial charge in [0.2, 0.25) is 0 Å². The van der Waals surface area contributed by atoms with Crippen molar-refractivity contribution in [3.8, 4) is 0 Å². The first-order chi connectivity index (χ1) is 6.01. The van der Waals surface area contributed by atoms with Crippen molar-refractivity contribution in [2.75, 3.05) is 0 Å². The lowest BCUT2D eigenvalue weighted by Gasteiger charge is -2.16. The minimum absolute atomic E-state index is 0.0322. The molecule has 74 valence electrons. The molecule has 1 aromatic heterocycles. The van der Waals surface area contributed by atoms with Crippen LogP contribution in [-0.4, -0.2) is 25.4 Å². The second-order valence-electron chi connectivity index (χ2n) is 3.82. The van der Waals surface area contributed by atoms with Crippen molar-refractivity contribution in [1.82, 2.24) is 9.55 Å². The Kier molecular flexibility index (Phi) is 3.06. The maximum atomic E-state index is 9.46. The first kappa shape index (κ1) is 10.2. The van der Waals surface area contributed by atoms with Gasteiger partial charge < -0.3 is 14.8 Å². The maximum Gasteiger partial charge on any atom is 0.0950 e. The van der Waals surface area contributed by atoms with Crippen molar-refractivity contribution in [3.05, 3.63) is 18.2 Å². The van der Waals surface area contributed by atoms with Crippen molar-refractivity contribution in [1.29, 1.82) is 0 Å². The summed E-state index contributed by atoms with van der Waals surface area (Å²) in [5.74, 6) is 0. The van der Waals surface area contributed by atoms with Crippen LogP contribution in [-0.2, 0) is 13.2 Å². The monoisotopic (exact) mass is 184 g/mol. The summed E-state index contributed by atoms with van der Waals surface area (Å²) in [7, 11) is 0. The summed E-state index contributed by atoms with van der Waals surface area (Å²) in [6.45, 7) is 4.24. The Morgan fingerprint density at radius 2 is 2.23 bits per heavy atom. The lowest BCUT2D eigenvalue weighted by Crippen LogP contribution is -2.20. The second-order valence-corrected chi connectivity index (χ2v) is 3.82. The molecule has 0 saturated carbocycles. The maximum absolute atomic E-state index is 9.46.